The molecule has 3 fully saturated rings. The van der Waals surface area contributed by atoms with Gasteiger partial charge in [0, 0.05) is 44.2 Å². The minimum Gasteiger partial charge on any atom is -0.396 e. The highest BCUT2D eigenvalue weighted by molar-refractivity contribution is 6.03. The number of amides is 3. The van der Waals surface area contributed by atoms with Crippen LogP contribution in [0.3, 0.4) is 0 Å². The summed E-state index contributed by atoms with van der Waals surface area (Å²) in [5, 5.41) is 15.2. The average Bonchev–Trinajstić information content (AvgIpc) is 3.45. The molecular weight excluding hydrogens is 508 g/mol. The highest BCUT2D eigenvalue weighted by atomic mass is 16.5. The van der Waals surface area contributed by atoms with Gasteiger partial charge in [-0.05, 0) is 76.6 Å². The molecule has 1 aromatic carbocycles. The van der Waals surface area contributed by atoms with Crippen molar-refractivity contribution in [2.24, 2.45) is 17.8 Å². The summed E-state index contributed by atoms with van der Waals surface area (Å²) in [7, 11) is 0. The van der Waals surface area contributed by atoms with Crippen LogP contribution in [-0.4, -0.2) is 77.8 Å². The van der Waals surface area contributed by atoms with E-state index in [4.69, 9.17) is 9.84 Å². The Labute approximate surface area is 239 Å². The van der Waals surface area contributed by atoms with Gasteiger partial charge in [0.1, 0.15) is 11.6 Å². The molecule has 3 aliphatic heterocycles. The van der Waals surface area contributed by atoms with Gasteiger partial charge in [-0.25, -0.2) is 0 Å². The summed E-state index contributed by atoms with van der Waals surface area (Å²) in [5.74, 6) is -1.91. The Hall–Kier alpha value is -2.65. The first-order chi connectivity index (χ1) is 19.2. The fourth-order valence-corrected chi connectivity index (χ4v) is 7.34. The molecule has 0 saturated carbocycles. The second kappa shape index (κ2) is 12.5. The van der Waals surface area contributed by atoms with Crippen LogP contribution in [0, 0.1) is 17.8 Å². The quantitative estimate of drug-likeness (QED) is 0.302. The van der Waals surface area contributed by atoms with Crippen molar-refractivity contribution < 1.29 is 24.2 Å². The van der Waals surface area contributed by atoms with Gasteiger partial charge in [-0.15, -0.1) is 0 Å². The number of aliphatic hydroxyl groups excluding tert-OH is 1. The Morgan fingerprint density at radius 2 is 1.75 bits per heavy atom. The molecule has 40 heavy (non-hydrogen) atoms. The number of fused-ring (bicyclic) bond motifs is 1. The normalized spacial score (nSPS) is 30.4. The third kappa shape index (κ3) is 5.22. The molecule has 3 saturated heterocycles. The molecule has 6 atom stereocenters. The van der Waals surface area contributed by atoms with Gasteiger partial charge in [-0.1, -0.05) is 26.7 Å². The lowest BCUT2D eigenvalue weighted by molar-refractivity contribution is -0.146. The highest BCUT2D eigenvalue weighted by Gasteiger charge is 2.79. The standard InChI is InChI=1S/C31H48N4O5/c1-6-17-32-27(37)24-25-29(39)35(18-11-9-10-12-19-36)26(31(25)20-21(4)30(24,5)40-31)28(38)33-22-13-15-23(16-14-22)34(7-2)8-3/h13-16,21,24-26,36H,6-12,17-20H2,1-5H3,(H,32,37)(H,33,38)/t21?,24-,25+,26?,30+,31?/m1/s1. The largest absolute Gasteiger partial charge is 0.396 e. The van der Waals surface area contributed by atoms with E-state index in [0.717, 1.165) is 44.5 Å². The zero-order valence-corrected chi connectivity index (χ0v) is 24.9. The van der Waals surface area contributed by atoms with Crippen LogP contribution in [0.1, 0.15) is 73.1 Å². The lowest BCUT2D eigenvalue weighted by Gasteiger charge is -2.36. The summed E-state index contributed by atoms with van der Waals surface area (Å²) < 4.78 is 6.77. The number of hydrogen-bond donors (Lipinski definition) is 3. The fraction of sp³-hybridized carbons (Fsp3) is 0.710. The number of benzene rings is 1. The van der Waals surface area contributed by atoms with Gasteiger partial charge in [0.15, 0.2) is 0 Å². The second-order valence-corrected chi connectivity index (χ2v) is 11.9. The average molecular weight is 557 g/mol. The van der Waals surface area contributed by atoms with Crippen LogP contribution in [0.4, 0.5) is 11.4 Å². The van der Waals surface area contributed by atoms with Crippen molar-refractivity contribution in [2.45, 2.75) is 90.4 Å². The molecule has 2 bridgehead atoms. The summed E-state index contributed by atoms with van der Waals surface area (Å²) >= 11 is 0. The molecule has 4 rings (SSSR count). The van der Waals surface area contributed by atoms with Crippen LogP contribution in [-0.2, 0) is 19.1 Å². The number of carbonyl (C=O) groups is 3. The van der Waals surface area contributed by atoms with Gasteiger partial charge in [0.2, 0.25) is 17.7 Å². The van der Waals surface area contributed by atoms with E-state index in [1.54, 1.807) is 4.90 Å². The van der Waals surface area contributed by atoms with E-state index >= 15 is 0 Å². The molecule has 3 aliphatic rings. The minimum atomic E-state index is -1.05. The molecule has 0 aromatic heterocycles. The van der Waals surface area contributed by atoms with Crippen molar-refractivity contribution in [3.05, 3.63) is 24.3 Å². The zero-order valence-electron chi connectivity index (χ0n) is 24.9. The minimum absolute atomic E-state index is 0.0158. The number of likely N-dealkylation sites (tertiary alicyclic amines) is 1. The van der Waals surface area contributed by atoms with Gasteiger partial charge >= 0.3 is 0 Å². The van der Waals surface area contributed by atoms with E-state index in [0.29, 0.717) is 31.6 Å². The first kappa shape index (κ1) is 30.3. The second-order valence-electron chi connectivity index (χ2n) is 11.9. The molecule has 9 nitrogen and oxygen atoms in total. The van der Waals surface area contributed by atoms with E-state index in [1.807, 2.05) is 38.1 Å². The number of rotatable bonds is 14. The maximum Gasteiger partial charge on any atom is 0.250 e. The third-order valence-corrected chi connectivity index (χ3v) is 9.47. The number of aliphatic hydroxyl groups is 1. The Bertz CT molecular complexity index is 1060. The van der Waals surface area contributed by atoms with E-state index in [2.05, 4.69) is 36.3 Å². The van der Waals surface area contributed by atoms with Gasteiger partial charge in [-0.3, -0.25) is 14.4 Å². The first-order valence-electron chi connectivity index (χ1n) is 15.2. The lowest BCUT2D eigenvalue weighted by Crippen LogP contribution is -2.54. The summed E-state index contributed by atoms with van der Waals surface area (Å²) in [6.07, 6.45) is 4.49. The first-order valence-corrected chi connectivity index (χ1v) is 15.2. The van der Waals surface area contributed by atoms with E-state index in [1.165, 1.54) is 0 Å². The van der Waals surface area contributed by atoms with Gasteiger partial charge in [-0.2, -0.15) is 0 Å². The topological polar surface area (TPSA) is 111 Å². The zero-order chi connectivity index (χ0) is 29.1. The number of nitrogens with zero attached hydrogens (tertiary/aromatic N) is 2. The van der Waals surface area contributed by atoms with Crippen molar-refractivity contribution in [1.29, 1.82) is 0 Å². The smallest absolute Gasteiger partial charge is 0.250 e. The number of carbonyl (C=O) groups excluding carboxylic acids is 3. The molecule has 3 heterocycles. The predicted molar refractivity (Wildman–Crippen MR) is 156 cm³/mol. The van der Waals surface area contributed by atoms with Crippen LogP contribution in [0.15, 0.2) is 24.3 Å². The highest BCUT2D eigenvalue weighted by Crippen LogP contribution is 2.65. The SMILES string of the molecule is CCCNC(=O)[C@H]1[C@H]2C(=O)N(CCCCCCO)C(C(=O)Nc3ccc(N(CC)CC)cc3)C23CC(C)[C@]1(C)O3. The number of ether oxygens (including phenoxy) is 1. The lowest BCUT2D eigenvalue weighted by atomic mass is 9.62. The number of hydrogen-bond acceptors (Lipinski definition) is 6. The molecular formula is C31H48N4O5. The van der Waals surface area contributed by atoms with Gasteiger partial charge in [0.25, 0.3) is 0 Å². The molecule has 0 aliphatic carbocycles. The number of anilines is 2. The van der Waals surface area contributed by atoms with Gasteiger partial charge in [0.05, 0.1) is 17.4 Å². The van der Waals surface area contributed by atoms with Crippen molar-refractivity contribution in [3.8, 4) is 0 Å². The molecule has 222 valence electrons. The number of unbranched alkanes of at least 4 members (excludes halogenated alkanes) is 3. The van der Waals surface area contributed by atoms with Crippen LogP contribution >= 0.6 is 0 Å². The summed E-state index contributed by atoms with van der Waals surface area (Å²) in [4.78, 5) is 45.6. The molecule has 0 radical (unpaired) electrons. The Kier molecular flexibility index (Phi) is 9.45. The maximum absolute atomic E-state index is 14.1. The molecule has 9 heteroatoms. The molecule has 1 aromatic rings. The summed E-state index contributed by atoms with van der Waals surface area (Å²) in [6.45, 7) is 13.1. The van der Waals surface area contributed by atoms with Crippen LogP contribution < -0.4 is 15.5 Å². The summed E-state index contributed by atoms with van der Waals surface area (Å²) in [5.41, 5.74) is -0.103. The van der Waals surface area contributed by atoms with Crippen molar-refractivity contribution >= 4 is 29.1 Å². The third-order valence-electron chi connectivity index (χ3n) is 9.47. The fourth-order valence-electron chi connectivity index (χ4n) is 7.34. The van der Waals surface area contributed by atoms with E-state index < -0.39 is 29.1 Å². The Morgan fingerprint density at radius 3 is 2.38 bits per heavy atom. The van der Waals surface area contributed by atoms with Crippen molar-refractivity contribution in [1.82, 2.24) is 10.2 Å². The molecule has 1 spiro atoms. The van der Waals surface area contributed by atoms with E-state index in [-0.39, 0.29) is 30.2 Å². The van der Waals surface area contributed by atoms with E-state index in [9.17, 15) is 14.4 Å². The Morgan fingerprint density at radius 1 is 1.07 bits per heavy atom. The summed E-state index contributed by atoms with van der Waals surface area (Å²) in [6, 6.07) is 6.97. The monoisotopic (exact) mass is 556 g/mol. The van der Waals surface area contributed by atoms with Crippen LogP contribution in [0.2, 0.25) is 0 Å². The maximum atomic E-state index is 14.1. The van der Waals surface area contributed by atoms with Crippen LogP contribution in [0.5, 0.6) is 0 Å². The predicted octanol–water partition coefficient (Wildman–Crippen LogP) is 3.56. The van der Waals surface area contributed by atoms with Crippen molar-refractivity contribution in [2.75, 3.05) is 43.0 Å². The molecule has 3 N–H and O–H groups in total. The van der Waals surface area contributed by atoms with Gasteiger partial charge < -0.3 is 30.3 Å². The molecule has 3 amide bonds. The van der Waals surface area contributed by atoms with Crippen molar-refractivity contribution in [3.63, 3.8) is 0 Å². The molecule has 3 unspecified atom stereocenters. The van der Waals surface area contributed by atoms with Crippen LogP contribution in [0.25, 0.3) is 0 Å². The number of nitrogens with one attached hydrogen (secondary N) is 2. The Balaban J connectivity index is 1.64.